The Morgan fingerprint density at radius 1 is 1.35 bits per heavy atom. The average Bonchev–Trinajstić information content (AvgIpc) is 2.81. The quantitative estimate of drug-likeness (QED) is 0.866. The second-order valence-corrected chi connectivity index (χ2v) is 5.47. The Bertz CT molecular complexity index is 658. The lowest BCUT2D eigenvalue weighted by molar-refractivity contribution is 0.0690. The minimum atomic E-state index is -1.10. The monoisotopic (exact) mass is 275 g/mol. The van der Waals surface area contributed by atoms with E-state index in [-0.39, 0.29) is 17.6 Å². The molecule has 1 saturated carbocycles. The van der Waals surface area contributed by atoms with Crippen LogP contribution in [0.5, 0.6) is 0 Å². The number of aromatic nitrogens is 4. The minimum absolute atomic E-state index is 0.0586. The Morgan fingerprint density at radius 3 is 2.70 bits per heavy atom. The molecule has 0 saturated heterocycles. The van der Waals surface area contributed by atoms with E-state index in [0.717, 1.165) is 25.7 Å². The smallest absolute Gasteiger partial charge is 0.357 e. The standard InChI is InChI=1S/C13H17N5O2/c1-7-2-4-8(5-3-7)18-12-9(10(17-18)13(19)20)11(14)15-6-16-12/h6-8H,2-5H2,1H3,(H,19,20)(H2,14,15,16). The van der Waals surface area contributed by atoms with Crippen LogP contribution in [0, 0.1) is 5.92 Å². The number of fused-ring (bicyclic) bond motifs is 1. The van der Waals surface area contributed by atoms with Gasteiger partial charge in [0.15, 0.2) is 11.3 Å². The first-order chi connectivity index (χ1) is 9.58. The second-order valence-electron chi connectivity index (χ2n) is 5.47. The molecule has 2 aromatic heterocycles. The van der Waals surface area contributed by atoms with E-state index in [9.17, 15) is 9.90 Å². The number of aromatic carboxylic acids is 1. The third kappa shape index (κ3) is 1.99. The molecule has 3 N–H and O–H groups in total. The number of nitrogen functional groups attached to an aromatic ring is 1. The van der Waals surface area contributed by atoms with Gasteiger partial charge in [-0.3, -0.25) is 0 Å². The summed E-state index contributed by atoms with van der Waals surface area (Å²) in [7, 11) is 0. The maximum atomic E-state index is 11.3. The Labute approximate surface area is 115 Å². The SMILES string of the molecule is CC1CCC(n2nc(C(=O)O)c3c(N)ncnc32)CC1. The molecular formula is C13H17N5O2. The van der Waals surface area contributed by atoms with E-state index in [1.807, 2.05) is 0 Å². The minimum Gasteiger partial charge on any atom is -0.476 e. The Balaban J connectivity index is 2.12. The molecule has 0 aromatic carbocycles. The molecular weight excluding hydrogens is 258 g/mol. The third-order valence-corrected chi connectivity index (χ3v) is 4.05. The van der Waals surface area contributed by atoms with Gasteiger partial charge in [0.2, 0.25) is 0 Å². The summed E-state index contributed by atoms with van der Waals surface area (Å²) >= 11 is 0. The number of anilines is 1. The third-order valence-electron chi connectivity index (χ3n) is 4.05. The van der Waals surface area contributed by atoms with Gasteiger partial charge in [0, 0.05) is 0 Å². The number of nitrogens with two attached hydrogens (primary N) is 1. The van der Waals surface area contributed by atoms with Crippen LogP contribution < -0.4 is 5.73 Å². The number of hydrogen-bond donors (Lipinski definition) is 2. The molecule has 2 aromatic rings. The summed E-state index contributed by atoms with van der Waals surface area (Å²) in [5, 5.41) is 13.9. The maximum Gasteiger partial charge on any atom is 0.357 e. The molecule has 0 unspecified atom stereocenters. The van der Waals surface area contributed by atoms with Gasteiger partial charge in [-0.05, 0) is 31.6 Å². The first-order valence-corrected chi connectivity index (χ1v) is 6.80. The van der Waals surface area contributed by atoms with Crippen molar-refractivity contribution < 1.29 is 9.90 Å². The van der Waals surface area contributed by atoms with Crippen LogP contribution in [0.4, 0.5) is 5.82 Å². The zero-order chi connectivity index (χ0) is 14.3. The first kappa shape index (κ1) is 12.8. The fourth-order valence-electron chi connectivity index (χ4n) is 2.89. The van der Waals surface area contributed by atoms with E-state index in [0.29, 0.717) is 17.0 Å². The van der Waals surface area contributed by atoms with Crippen molar-refractivity contribution in [3.8, 4) is 0 Å². The van der Waals surface area contributed by atoms with Gasteiger partial charge in [-0.15, -0.1) is 0 Å². The highest BCUT2D eigenvalue weighted by molar-refractivity contribution is 6.04. The van der Waals surface area contributed by atoms with Crippen molar-refractivity contribution in [2.24, 2.45) is 5.92 Å². The predicted octanol–water partition coefficient (Wildman–Crippen LogP) is 1.86. The van der Waals surface area contributed by atoms with Crippen molar-refractivity contribution in [1.82, 2.24) is 19.7 Å². The molecule has 0 spiro atoms. The van der Waals surface area contributed by atoms with Gasteiger partial charge in [-0.2, -0.15) is 5.10 Å². The van der Waals surface area contributed by atoms with Gasteiger partial charge in [-0.25, -0.2) is 19.4 Å². The lowest BCUT2D eigenvalue weighted by Crippen LogP contribution is -2.18. The lowest BCUT2D eigenvalue weighted by atomic mass is 9.87. The van der Waals surface area contributed by atoms with Crippen molar-refractivity contribution in [2.75, 3.05) is 5.73 Å². The van der Waals surface area contributed by atoms with E-state index in [2.05, 4.69) is 22.0 Å². The number of nitrogens with zero attached hydrogens (tertiary/aromatic N) is 4. The Kier molecular flexibility index (Phi) is 3.04. The number of rotatable bonds is 2. The summed E-state index contributed by atoms with van der Waals surface area (Å²) in [5.41, 5.74) is 6.26. The highest BCUT2D eigenvalue weighted by atomic mass is 16.4. The maximum absolute atomic E-state index is 11.3. The van der Waals surface area contributed by atoms with Crippen molar-refractivity contribution >= 4 is 22.8 Å². The Morgan fingerprint density at radius 2 is 2.05 bits per heavy atom. The van der Waals surface area contributed by atoms with E-state index in [4.69, 9.17) is 5.73 Å². The molecule has 1 aliphatic rings. The number of hydrogen-bond acceptors (Lipinski definition) is 5. The van der Waals surface area contributed by atoms with E-state index >= 15 is 0 Å². The van der Waals surface area contributed by atoms with Crippen molar-refractivity contribution in [1.29, 1.82) is 0 Å². The van der Waals surface area contributed by atoms with Gasteiger partial charge >= 0.3 is 5.97 Å². The van der Waals surface area contributed by atoms with Crippen LogP contribution in [0.25, 0.3) is 11.0 Å². The van der Waals surface area contributed by atoms with E-state index < -0.39 is 5.97 Å². The topological polar surface area (TPSA) is 107 Å². The largest absolute Gasteiger partial charge is 0.476 e. The van der Waals surface area contributed by atoms with Crippen molar-refractivity contribution in [3.05, 3.63) is 12.0 Å². The van der Waals surface area contributed by atoms with Crippen molar-refractivity contribution in [2.45, 2.75) is 38.6 Å². The molecule has 106 valence electrons. The van der Waals surface area contributed by atoms with Gasteiger partial charge in [0.1, 0.15) is 12.1 Å². The molecule has 1 fully saturated rings. The van der Waals surface area contributed by atoms with Crippen LogP contribution in [-0.4, -0.2) is 30.8 Å². The summed E-state index contributed by atoms with van der Waals surface area (Å²) in [6.07, 6.45) is 5.57. The van der Waals surface area contributed by atoms with Crippen LogP contribution in [0.3, 0.4) is 0 Å². The molecule has 20 heavy (non-hydrogen) atoms. The molecule has 0 atom stereocenters. The van der Waals surface area contributed by atoms with Gasteiger partial charge in [0.25, 0.3) is 0 Å². The van der Waals surface area contributed by atoms with E-state index in [1.54, 1.807) is 4.68 Å². The molecule has 3 rings (SSSR count). The van der Waals surface area contributed by atoms with Gasteiger partial charge in [-0.1, -0.05) is 6.92 Å². The number of carbonyl (C=O) groups is 1. The van der Waals surface area contributed by atoms with Crippen LogP contribution in [-0.2, 0) is 0 Å². The summed E-state index contributed by atoms with van der Waals surface area (Å²) in [6, 6.07) is 0.191. The highest BCUT2D eigenvalue weighted by Gasteiger charge is 2.26. The molecule has 7 nitrogen and oxygen atoms in total. The average molecular weight is 275 g/mol. The summed E-state index contributed by atoms with van der Waals surface area (Å²) in [5.74, 6) is -0.214. The summed E-state index contributed by atoms with van der Waals surface area (Å²) < 4.78 is 1.72. The summed E-state index contributed by atoms with van der Waals surface area (Å²) in [6.45, 7) is 2.24. The molecule has 1 aliphatic carbocycles. The zero-order valence-electron chi connectivity index (χ0n) is 11.3. The van der Waals surface area contributed by atoms with Gasteiger partial charge in [0.05, 0.1) is 11.4 Å². The molecule has 2 heterocycles. The fraction of sp³-hybridized carbons (Fsp3) is 0.538. The predicted molar refractivity (Wildman–Crippen MR) is 73.4 cm³/mol. The van der Waals surface area contributed by atoms with Crippen LogP contribution in [0.15, 0.2) is 6.33 Å². The zero-order valence-corrected chi connectivity index (χ0v) is 11.3. The number of carboxylic acid groups (broad SMARTS) is 1. The first-order valence-electron chi connectivity index (χ1n) is 6.80. The lowest BCUT2D eigenvalue weighted by Gasteiger charge is -2.26. The molecule has 7 heteroatoms. The number of carboxylic acids is 1. The van der Waals surface area contributed by atoms with Crippen molar-refractivity contribution in [3.63, 3.8) is 0 Å². The molecule has 0 radical (unpaired) electrons. The summed E-state index contributed by atoms with van der Waals surface area (Å²) in [4.78, 5) is 19.4. The van der Waals surface area contributed by atoms with Crippen LogP contribution in [0.1, 0.15) is 49.1 Å². The normalized spacial score (nSPS) is 23.1. The highest BCUT2D eigenvalue weighted by Crippen LogP contribution is 2.34. The second kappa shape index (κ2) is 4.73. The van der Waals surface area contributed by atoms with E-state index in [1.165, 1.54) is 6.33 Å². The van der Waals surface area contributed by atoms with Crippen LogP contribution >= 0.6 is 0 Å². The van der Waals surface area contributed by atoms with Crippen LogP contribution in [0.2, 0.25) is 0 Å². The molecule has 0 amide bonds. The van der Waals surface area contributed by atoms with Gasteiger partial charge < -0.3 is 10.8 Å². The molecule has 0 bridgehead atoms. The fourth-order valence-corrected chi connectivity index (χ4v) is 2.89. The Hall–Kier alpha value is -2.18. The molecule has 0 aliphatic heterocycles.